The summed E-state index contributed by atoms with van der Waals surface area (Å²) < 4.78 is 10.7. The van der Waals surface area contributed by atoms with Crippen LogP contribution in [0.1, 0.15) is 57.6 Å². The molecule has 7 heteroatoms. The SMILES string of the molecule is CCOC(=O)CCN(C(=O)CC(CC)CC)c1ccc(N2CCOCC2)cc1C(=N)c1ccccc1. The smallest absolute Gasteiger partial charge is 0.307 e. The van der Waals surface area contributed by atoms with Gasteiger partial charge in [0, 0.05) is 42.9 Å². The van der Waals surface area contributed by atoms with Crippen LogP contribution in [0, 0.1) is 11.3 Å². The van der Waals surface area contributed by atoms with Crippen LogP contribution in [0.4, 0.5) is 11.4 Å². The van der Waals surface area contributed by atoms with Gasteiger partial charge in [-0.2, -0.15) is 0 Å². The first-order chi connectivity index (χ1) is 17.5. The molecule has 0 spiro atoms. The fourth-order valence-corrected chi connectivity index (χ4v) is 4.49. The summed E-state index contributed by atoms with van der Waals surface area (Å²) in [6, 6.07) is 15.5. The van der Waals surface area contributed by atoms with E-state index >= 15 is 0 Å². The van der Waals surface area contributed by atoms with E-state index in [1.54, 1.807) is 11.8 Å². The molecule has 1 N–H and O–H groups in total. The zero-order valence-corrected chi connectivity index (χ0v) is 21.8. The second-order valence-corrected chi connectivity index (χ2v) is 9.03. The van der Waals surface area contributed by atoms with Crippen LogP contribution in [0.5, 0.6) is 0 Å². The van der Waals surface area contributed by atoms with Gasteiger partial charge in [0.2, 0.25) is 5.91 Å². The molecule has 0 aromatic heterocycles. The summed E-state index contributed by atoms with van der Waals surface area (Å²) in [6.45, 7) is 9.35. The zero-order chi connectivity index (χ0) is 25.9. The summed E-state index contributed by atoms with van der Waals surface area (Å²) in [6.07, 6.45) is 2.33. The van der Waals surface area contributed by atoms with Crippen molar-refractivity contribution in [2.45, 2.75) is 46.5 Å². The van der Waals surface area contributed by atoms with Crippen molar-refractivity contribution >= 4 is 29.0 Å². The first-order valence-electron chi connectivity index (χ1n) is 13.0. The quantitative estimate of drug-likeness (QED) is 0.330. The van der Waals surface area contributed by atoms with Crippen molar-refractivity contribution in [3.63, 3.8) is 0 Å². The third-order valence-corrected chi connectivity index (χ3v) is 6.74. The van der Waals surface area contributed by atoms with Crippen molar-refractivity contribution in [3.8, 4) is 0 Å². The number of benzene rings is 2. The number of nitrogens with zero attached hydrogens (tertiary/aromatic N) is 2. The molecule has 1 heterocycles. The number of hydrogen-bond donors (Lipinski definition) is 1. The van der Waals surface area contributed by atoms with Crippen molar-refractivity contribution in [2.24, 2.45) is 5.92 Å². The van der Waals surface area contributed by atoms with E-state index in [4.69, 9.17) is 14.9 Å². The van der Waals surface area contributed by atoms with Crippen LogP contribution < -0.4 is 9.80 Å². The number of anilines is 2. The molecule has 0 radical (unpaired) electrons. The predicted octanol–water partition coefficient (Wildman–Crippen LogP) is 5.05. The lowest BCUT2D eigenvalue weighted by Gasteiger charge is -2.31. The van der Waals surface area contributed by atoms with Crippen LogP contribution in [0.2, 0.25) is 0 Å². The van der Waals surface area contributed by atoms with Crippen LogP contribution in [0.3, 0.4) is 0 Å². The van der Waals surface area contributed by atoms with Gasteiger partial charge in [0.1, 0.15) is 0 Å². The Bertz CT molecular complexity index is 1010. The van der Waals surface area contributed by atoms with Crippen molar-refractivity contribution in [2.75, 3.05) is 49.3 Å². The van der Waals surface area contributed by atoms with E-state index in [0.717, 1.165) is 37.2 Å². The molecule has 0 aliphatic carbocycles. The van der Waals surface area contributed by atoms with Gasteiger partial charge in [0.05, 0.1) is 37.6 Å². The second kappa shape index (κ2) is 13.8. The average Bonchev–Trinajstić information content (AvgIpc) is 2.92. The summed E-state index contributed by atoms with van der Waals surface area (Å²) in [5.41, 5.74) is 3.44. The molecule has 0 unspecified atom stereocenters. The second-order valence-electron chi connectivity index (χ2n) is 9.03. The number of ether oxygens (including phenoxy) is 2. The highest BCUT2D eigenvalue weighted by Gasteiger charge is 2.25. The number of esters is 1. The van der Waals surface area contributed by atoms with Gasteiger partial charge < -0.3 is 19.3 Å². The minimum Gasteiger partial charge on any atom is -0.466 e. The lowest BCUT2D eigenvalue weighted by Crippen LogP contribution is -2.37. The molecule has 1 aliphatic rings. The average molecular weight is 494 g/mol. The third-order valence-electron chi connectivity index (χ3n) is 6.74. The molecule has 0 atom stereocenters. The molecule has 1 aliphatic heterocycles. The lowest BCUT2D eigenvalue weighted by atomic mass is 9.96. The Morgan fingerprint density at radius 3 is 2.39 bits per heavy atom. The van der Waals surface area contributed by atoms with Gasteiger partial charge in [0.15, 0.2) is 0 Å². The van der Waals surface area contributed by atoms with Gasteiger partial charge in [-0.25, -0.2) is 0 Å². The van der Waals surface area contributed by atoms with Crippen molar-refractivity contribution in [3.05, 3.63) is 59.7 Å². The maximum atomic E-state index is 13.6. The van der Waals surface area contributed by atoms with Crippen molar-refractivity contribution in [1.29, 1.82) is 5.41 Å². The van der Waals surface area contributed by atoms with Crippen LogP contribution in [-0.4, -0.2) is 57.0 Å². The van der Waals surface area contributed by atoms with Gasteiger partial charge in [-0.15, -0.1) is 0 Å². The first-order valence-corrected chi connectivity index (χ1v) is 13.0. The third kappa shape index (κ3) is 7.17. The van der Waals surface area contributed by atoms with Gasteiger partial charge in [-0.3, -0.25) is 15.0 Å². The first kappa shape index (κ1) is 27.4. The zero-order valence-electron chi connectivity index (χ0n) is 21.8. The number of nitrogens with one attached hydrogen (secondary N) is 1. The van der Waals surface area contributed by atoms with E-state index in [-0.39, 0.29) is 30.8 Å². The largest absolute Gasteiger partial charge is 0.466 e. The molecule has 0 saturated carbocycles. The van der Waals surface area contributed by atoms with E-state index < -0.39 is 0 Å². The van der Waals surface area contributed by atoms with Gasteiger partial charge in [0.25, 0.3) is 0 Å². The predicted molar refractivity (Wildman–Crippen MR) is 144 cm³/mol. The number of morpholine rings is 1. The molecule has 194 valence electrons. The Balaban J connectivity index is 2.04. The van der Waals surface area contributed by atoms with Gasteiger partial charge in [-0.1, -0.05) is 57.0 Å². The molecule has 1 fully saturated rings. The maximum absolute atomic E-state index is 13.6. The normalized spacial score (nSPS) is 13.5. The topological polar surface area (TPSA) is 82.9 Å². The number of carbonyl (C=O) groups is 2. The number of rotatable bonds is 12. The van der Waals surface area contributed by atoms with Crippen LogP contribution >= 0.6 is 0 Å². The Kier molecular flexibility index (Phi) is 10.5. The Labute approximate surface area is 214 Å². The minimum absolute atomic E-state index is 0.0331. The van der Waals surface area contributed by atoms with E-state index in [1.807, 2.05) is 48.5 Å². The van der Waals surface area contributed by atoms with Crippen molar-refractivity contribution in [1.82, 2.24) is 0 Å². The summed E-state index contributed by atoms with van der Waals surface area (Å²) in [5, 5.41) is 9.08. The van der Waals surface area contributed by atoms with E-state index in [1.165, 1.54) is 0 Å². The number of hydrogen-bond acceptors (Lipinski definition) is 6. The van der Waals surface area contributed by atoms with Crippen LogP contribution in [0.25, 0.3) is 0 Å². The van der Waals surface area contributed by atoms with Gasteiger partial charge >= 0.3 is 5.97 Å². The highest BCUT2D eigenvalue weighted by Crippen LogP contribution is 2.31. The Morgan fingerprint density at radius 2 is 1.75 bits per heavy atom. The molecule has 1 saturated heterocycles. The molecule has 1 amide bonds. The number of amides is 1. The Morgan fingerprint density at radius 1 is 1.06 bits per heavy atom. The van der Waals surface area contributed by atoms with E-state index in [9.17, 15) is 9.59 Å². The summed E-state index contributed by atoms with van der Waals surface area (Å²) >= 11 is 0. The van der Waals surface area contributed by atoms with Crippen LogP contribution in [-0.2, 0) is 19.1 Å². The highest BCUT2D eigenvalue weighted by molar-refractivity contribution is 6.16. The molecule has 36 heavy (non-hydrogen) atoms. The fraction of sp³-hybridized carbons (Fsp3) is 0.483. The molecule has 7 nitrogen and oxygen atoms in total. The molecule has 2 aromatic rings. The molecule has 0 bridgehead atoms. The molecule has 3 rings (SSSR count). The summed E-state index contributed by atoms with van der Waals surface area (Å²) in [4.78, 5) is 29.8. The number of carbonyl (C=O) groups excluding carboxylic acids is 2. The standard InChI is InChI=1S/C29H39N3O4/c1-4-22(5-2)20-27(33)32(15-14-28(34)36-6-3)26-13-12-24(31-16-18-35-19-17-31)21-25(26)29(30)23-10-8-7-9-11-23/h7-13,21-22,30H,4-6,14-20H2,1-3H3. The van der Waals surface area contributed by atoms with Crippen molar-refractivity contribution < 1.29 is 19.1 Å². The lowest BCUT2D eigenvalue weighted by molar-refractivity contribution is -0.142. The minimum atomic E-state index is -0.331. The molecular weight excluding hydrogens is 454 g/mol. The van der Waals surface area contributed by atoms with E-state index in [0.29, 0.717) is 43.2 Å². The maximum Gasteiger partial charge on any atom is 0.307 e. The monoisotopic (exact) mass is 493 g/mol. The fourth-order valence-electron chi connectivity index (χ4n) is 4.49. The molecular formula is C29H39N3O4. The summed E-state index contributed by atoms with van der Waals surface area (Å²) in [7, 11) is 0. The highest BCUT2D eigenvalue weighted by atomic mass is 16.5. The summed E-state index contributed by atoms with van der Waals surface area (Å²) in [5.74, 6) is -0.0936. The van der Waals surface area contributed by atoms with Crippen LogP contribution in [0.15, 0.2) is 48.5 Å². The molecule has 2 aromatic carbocycles. The Hall–Kier alpha value is -3.19. The van der Waals surface area contributed by atoms with Gasteiger partial charge in [-0.05, 0) is 31.0 Å². The van der Waals surface area contributed by atoms with E-state index in [2.05, 4.69) is 18.7 Å².